The van der Waals surface area contributed by atoms with Crippen LogP contribution in [-0.4, -0.2) is 24.3 Å². The SMILES string of the molecule is Cc1ccn2c([Se]c3ccc(F)cc3)c(-c3ccccc3)nc2c1. The van der Waals surface area contributed by atoms with Crippen LogP contribution in [0, 0.1) is 12.7 Å². The van der Waals surface area contributed by atoms with E-state index in [0.29, 0.717) is 0 Å². The Kier molecular flexibility index (Phi) is 3.93. The van der Waals surface area contributed by atoms with Crippen LogP contribution in [0.1, 0.15) is 5.56 Å². The molecule has 0 atom stereocenters. The summed E-state index contributed by atoms with van der Waals surface area (Å²) in [5.74, 6) is -0.202. The second kappa shape index (κ2) is 6.23. The van der Waals surface area contributed by atoms with Gasteiger partial charge in [0.1, 0.15) is 0 Å². The summed E-state index contributed by atoms with van der Waals surface area (Å²) in [6, 6.07) is 21.2. The Balaban J connectivity index is 1.89. The van der Waals surface area contributed by atoms with E-state index in [2.05, 4.69) is 41.8 Å². The van der Waals surface area contributed by atoms with Gasteiger partial charge in [0.15, 0.2) is 0 Å². The molecule has 4 aromatic rings. The number of aromatic nitrogens is 2. The monoisotopic (exact) mass is 382 g/mol. The molecule has 2 aromatic heterocycles. The normalized spacial score (nSPS) is 11.1. The minimum atomic E-state index is -0.202. The molecule has 2 heterocycles. The first-order chi connectivity index (χ1) is 11.7. The number of fused-ring (bicyclic) bond motifs is 1. The van der Waals surface area contributed by atoms with Gasteiger partial charge in [-0.25, -0.2) is 0 Å². The van der Waals surface area contributed by atoms with Crippen LogP contribution in [0.2, 0.25) is 0 Å². The standard InChI is InChI=1S/C20H15FN2Se/c1-14-11-12-23-18(13-14)22-19(15-5-3-2-4-6-15)20(23)24-17-9-7-16(21)8-10-17/h2-13H,1H3. The molecule has 118 valence electrons. The van der Waals surface area contributed by atoms with E-state index in [1.807, 2.05) is 30.3 Å². The number of imidazole rings is 1. The van der Waals surface area contributed by atoms with E-state index in [1.165, 1.54) is 22.3 Å². The maximum absolute atomic E-state index is 13.2. The predicted molar refractivity (Wildman–Crippen MR) is 96.8 cm³/mol. The average molecular weight is 381 g/mol. The van der Waals surface area contributed by atoms with Gasteiger partial charge in [-0.15, -0.1) is 0 Å². The van der Waals surface area contributed by atoms with Crippen LogP contribution >= 0.6 is 0 Å². The molecule has 24 heavy (non-hydrogen) atoms. The van der Waals surface area contributed by atoms with Crippen LogP contribution in [0.15, 0.2) is 72.9 Å². The number of hydrogen-bond donors (Lipinski definition) is 0. The zero-order chi connectivity index (χ0) is 16.5. The molecule has 0 fully saturated rings. The molecule has 0 amide bonds. The van der Waals surface area contributed by atoms with Crippen molar-refractivity contribution in [1.82, 2.24) is 9.38 Å². The Morgan fingerprint density at radius 3 is 2.46 bits per heavy atom. The Hall–Kier alpha value is -2.42. The first kappa shape index (κ1) is 15.1. The number of aryl methyl sites for hydroxylation is 1. The van der Waals surface area contributed by atoms with Crippen molar-refractivity contribution in [3.63, 3.8) is 0 Å². The Morgan fingerprint density at radius 1 is 0.958 bits per heavy atom. The van der Waals surface area contributed by atoms with Crippen LogP contribution in [-0.2, 0) is 0 Å². The van der Waals surface area contributed by atoms with Crippen molar-refractivity contribution in [2.45, 2.75) is 6.92 Å². The Bertz CT molecular complexity index is 992. The minimum absolute atomic E-state index is 0.0353. The molecule has 2 aromatic carbocycles. The first-order valence-electron chi connectivity index (χ1n) is 7.68. The van der Waals surface area contributed by atoms with Crippen LogP contribution in [0.5, 0.6) is 0 Å². The van der Waals surface area contributed by atoms with Crippen molar-refractivity contribution in [3.8, 4) is 11.3 Å². The molecule has 0 saturated carbocycles. The second-order valence-corrected chi connectivity index (χ2v) is 7.85. The van der Waals surface area contributed by atoms with Crippen molar-refractivity contribution in [3.05, 3.63) is 84.3 Å². The number of pyridine rings is 1. The quantitative estimate of drug-likeness (QED) is 0.499. The zero-order valence-corrected chi connectivity index (χ0v) is 14.8. The zero-order valence-electron chi connectivity index (χ0n) is 13.1. The molecule has 0 spiro atoms. The van der Waals surface area contributed by atoms with Crippen LogP contribution in [0.25, 0.3) is 16.9 Å². The number of halogens is 1. The molecule has 0 aliphatic heterocycles. The van der Waals surface area contributed by atoms with E-state index in [0.717, 1.165) is 21.4 Å². The molecular formula is C20H15FN2Se. The molecule has 0 N–H and O–H groups in total. The van der Waals surface area contributed by atoms with Crippen LogP contribution in [0.3, 0.4) is 0 Å². The van der Waals surface area contributed by atoms with Gasteiger partial charge in [-0.2, -0.15) is 0 Å². The van der Waals surface area contributed by atoms with Crippen LogP contribution < -0.4 is 9.05 Å². The maximum atomic E-state index is 13.2. The molecular weight excluding hydrogens is 366 g/mol. The summed E-state index contributed by atoms with van der Waals surface area (Å²) < 4.78 is 17.7. The van der Waals surface area contributed by atoms with Crippen molar-refractivity contribution in [1.29, 1.82) is 0 Å². The van der Waals surface area contributed by atoms with Gasteiger partial charge in [0.25, 0.3) is 0 Å². The first-order valence-corrected chi connectivity index (χ1v) is 9.39. The van der Waals surface area contributed by atoms with Crippen molar-refractivity contribution < 1.29 is 4.39 Å². The summed E-state index contributed by atoms with van der Waals surface area (Å²) >= 11 is 0.0353. The van der Waals surface area contributed by atoms with Gasteiger partial charge in [0.05, 0.1) is 0 Å². The van der Waals surface area contributed by atoms with Crippen molar-refractivity contribution in [2.75, 3.05) is 0 Å². The Morgan fingerprint density at radius 2 is 1.71 bits per heavy atom. The third-order valence-corrected chi connectivity index (χ3v) is 6.10. The number of nitrogens with zero attached hydrogens (tertiary/aromatic N) is 2. The fourth-order valence-electron chi connectivity index (χ4n) is 2.62. The van der Waals surface area contributed by atoms with E-state index in [4.69, 9.17) is 4.98 Å². The molecule has 2 nitrogen and oxygen atoms in total. The second-order valence-electron chi connectivity index (χ2n) is 5.62. The third kappa shape index (κ3) is 2.86. The number of rotatable bonds is 3. The van der Waals surface area contributed by atoms with Crippen molar-refractivity contribution in [2.24, 2.45) is 0 Å². The van der Waals surface area contributed by atoms with E-state index in [9.17, 15) is 4.39 Å². The molecule has 0 unspecified atom stereocenters. The molecule has 0 radical (unpaired) electrons. The van der Waals surface area contributed by atoms with Gasteiger partial charge < -0.3 is 0 Å². The van der Waals surface area contributed by atoms with E-state index in [-0.39, 0.29) is 20.8 Å². The molecule has 4 heteroatoms. The molecule has 4 rings (SSSR count). The third-order valence-electron chi connectivity index (χ3n) is 3.81. The molecule has 0 saturated heterocycles. The summed E-state index contributed by atoms with van der Waals surface area (Å²) in [7, 11) is 0. The molecule has 0 aliphatic carbocycles. The van der Waals surface area contributed by atoms with E-state index in [1.54, 1.807) is 0 Å². The number of hydrogen-bond acceptors (Lipinski definition) is 1. The fourth-order valence-corrected chi connectivity index (χ4v) is 4.74. The average Bonchev–Trinajstić information content (AvgIpc) is 2.95. The Labute approximate surface area is 146 Å². The molecule has 0 aliphatic rings. The summed E-state index contributed by atoms with van der Waals surface area (Å²) in [4.78, 5) is 4.86. The summed E-state index contributed by atoms with van der Waals surface area (Å²) in [5.41, 5.74) is 4.25. The summed E-state index contributed by atoms with van der Waals surface area (Å²) in [6.45, 7) is 2.07. The van der Waals surface area contributed by atoms with Crippen molar-refractivity contribution >= 4 is 29.7 Å². The van der Waals surface area contributed by atoms with Crippen LogP contribution in [0.4, 0.5) is 4.39 Å². The fraction of sp³-hybridized carbons (Fsp3) is 0.0500. The van der Waals surface area contributed by atoms with Gasteiger partial charge in [-0.05, 0) is 0 Å². The van der Waals surface area contributed by atoms with Gasteiger partial charge in [-0.3, -0.25) is 0 Å². The summed E-state index contributed by atoms with van der Waals surface area (Å²) in [6.07, 6.45) is 2.07. The van der Waals surface area contributed by atoms with E-state index >= 15 is 0 Å². The van der Waals surface area contributed by atoms with Gasteiger partial charge in [0.2, 0.25) is 0 Å². The molecule has 0 bridgehead atoms. The topological polar surface area (TPSA) is 17.3 Å². The summed E-state index contributed by atoms with van der Waals surface area (Å²) in [5, 5.41) is 0. The van der Waals surface area contributed by atoms with E-state index < -0.39 is 0 Å². The van der Waals surface area contributed by atoms with Gasteiger partial charge in [0, 0.05) is 0 Å². The van der Waals surface area contributed by atoms with Gasteiger partial charge in [-0.1, -0.05) is 0 Å². The predicted octanol–water partition coefficient (Wildman–Crippen LogP) is 3.10. The van der Waals surface area contributed by atoms with Gasteiger partial charge >= 0.3 is 146 Å². The number of benzene rings is 2.